The predicted molar refractivity (Wildman–Crippen MR) is 79.9 cm³/mol. The minimum atomic E-state index is -0.257. The van der Waals surface area contributed by atoms with Crippen molar-refractivity contribution in [3.63, 3.8) is 0 Å². The Morgan fingerprint density at radius 2 is 2.40 bits per heavy atom. The van der Waals surface area contributed by atoms with E-state index in [1.807, 2.05) is 13.0 Å². The minimum Gasteiger partial charge on any atom is -0.350 e. The van der Waals surface area contributed by atoms with Crippen LogP contribution in [-0.4, -0.2) is 25.0 Å². The molecule has 3 nitrogen and oxygen atoms in total. The highest BCUT2D eigenvalue weighted by atomic mass is 32.1. The lowest BCUT2D eigenvalue weighted by molar-refractivity contribution is 0.0954. The summed E-state index contributed by atoms with van der Waals surface area (Å²) in [7, 11) is 0. The molecule has 2 heterocycles. The van der Waals surface area contributed by atoms with E-state index in [9.17, 15) is 9.18 Å². The minimum absolute atomic E-state index is 0.100. The summed E-state index contributed by atoms with van der Waals surface area (Å²) in [6, 6.07) is 5.33. The number of rotatable bonds is 3. The highest BCUT2D eigenvalue weighted by Gasteiger charge is 2.19. The second-order valence-electron chi connectivity index (χ2n) is 5.17. The van der Waals surface area contributed by atoms with Crippen molar-refractivity contribution in [2.75, 3.05) is 13.1 Å². The summed E-state index contributed by atoms with van der Waals surface area (Å²) in [5, 5.41) is 6.86. The molecular weight excluding hydrogens is 275 g/mol. The molecule has 5 heteroatoms. The van der Waals surface area contributed by atoms with Crippen molar-refractivity contribution in [2.45, 2.75) is 25.8 Å². The van der Waals surface area contributed by atoms with E-state index in [0.29, 0.717) is 22.8 Å². The van der Waals surface area contributed by atoms with E-state index in [2.05, 4.69) is 10.6 Å². The van der Waals surface area contributed by atoms with Crippen molar-refractivity contribution < 1.29 is 9.18 Å². The molecule has 0 bridgehead atoms. The molecule has 0 saturated carbocycles. The van der Waals surface area contributed by atoms with Crippen LogP contribution in [0.4, 0.5) is 4.39 Å². The van der Waals surface area contributed by atoms with Gasteiger partial charge in [-0.05, 0) is 44.0 Å². The smallest absolute Gasteiger partial charge is 0.261 e. The van der Waals surface area contributed by atoms with Crippen LogP contribution < -0.4 is 10.6 Å². The van der Waals surface area contributed by atoms with Gasteiger partial charge in [-0.1, -0.05) is 6.07 Å². The van der Waals surface area contributed by atoms with Gasteiger partial charge >= 0.3 is 0 Å². The summed E-state index contributed by atoms with van der Waals surface area (Å²) in [6.45, 7) is 3.47. The number of halogens is 1. The van der Waals surface area contributed by atoms with Crippen LogP contribution in [0.2, 0.25) is 0 Å². The van der Waals surface area contributed by atoms with Crippen LogP contribution in [0.3, 0.4) is 0 Å². The molecule has 2 N–H and O–H groups in total. The summed E-state index contributed by atoms with van der Waals surface area (Å²) < 4.78 is 14.6. The lowest BCUT2D eigenvalue weighted by Gasteiger charge is -2.11. The molecule has 3 rings (SSSR count). The highest BCUT2D eigenvalue weighted by molar-refractivity contribution is 7.21. The maximum absolute atomic E-state index is 13.8. The Kier molecular flexibility index (Phi) is 3.72. The van der Waals surface area contributed by atoms with Crippen molar-refractivity contribution in [3.8, 4) is 0 Å². The SMILES string of the molecule is Cc1c(C(=O)NCC2CCCN2)sc2cccc(F)c12. The standard InChI is InChI=1S/C15H17FN2OS/c1-9-13-11(16)5-2-6-12(13)20-14(9)15(19)18-8-10-4-3-7-17-10/h2,5-6,10,17H,3-4,7-8H2,1H3,(H,18,19). The van der Waals surface area contributed by atoms with Crippen molar-refractivity contribution in [1.29, 1.82) is 0 Å². The van der Waals surface area contributed by atoms with Gasteiger partial charge in [0.25, 0.3) is 5.91 Å². The Balaban J connectivity index is 1.80. The number of hydrogen-bond acceptors (Lipinski definition) is 3. The Morgan fingerprint density at radius 3 is 3.10 bits per heavy atom. The van der Waals surface area contributed by atoms with Gasteiger partial charge in [0, 0.05) is 22.7 Å². The van der Waals surface area contributed by atoms with Gasteiger partial charge in [0.2, 0.25) is 0 Å². The molecule has 1 unspecified atom stereocenters. The predicted octanol–water partition coefficient (Wildman–Crippen LogP) is 2.83. The Labute approximate surface area is 121 Å². The van der Waals surface area contributed by atoms with Crippen LogP contribution in [-0.2, 0) is 0 Å². The Morgan fingerprint density at radius 1 is 1.55 bits per heavy atom. The largest absolute Gasteiger partial charge is 0.350 e. The number of fused-ring (bicyclic) bond motifs is 1. The van der Waals surface area contributed by atoms with Gasteiger partial charge in [-0.15, -0.1) is 11.3 Å². The van der Waals surface area contributed by atoms with Gasteiger partial charge < -0.3 is 10.6 Å². The number of aryl methyl sites for hydroxylation is 1. The molecule has 1 fully saturated rings. The molecule has 1 aliphatic rings. The molecular formula is C15H17FN2OS. The molecule has 0 radical (unpaired) electrons. The second kappa shape index (κ2) is 5.50. The van der Waals surface area contributed by atoms with E-state index in [0.717, 1.165) is 29.6 Å². The summed E-state index contributed by atoms with van der Waals surface area (Å²) in [5.41, 5.74) is 0.736. The van der Waals surface area contributed by atoms with Crippen LogP contribution in [0.5, 0.6) is 0 Å². The number of thiophene rings is 1. The number of benzene rings is 1. The van der Waals surface area contributed by atoms with Crippen molar-refractivity contribution >= 4 is 27.3 Å². The van der Waals surface area contributed by atoms with Crippen molar-refractivity contribution in [2.24, 2.45) is 0 Å². The molecule has 20 heavy (non-hydrogen) atoms. The zero-order valence-corrected chi connectivity index (χ0v) is 12.1. The summed E-state index contributed by atoms with van der Waals surface area (Å²) in [6.07, 6.45) is 2.26. The van der Waals surface area contributed by atoms with E-state index in [1.54, 1.807) is 6.07 Å². The number of amides is 1. The van der Waals surface area contributed by atoms with Gasteiger partial charge in [0.15, 0.2) is 0 Å². The molecule has 2 aromatic rings. The first-order valence-electron chi connectivity index (χ1n) is 6.86. The number of hydrogen-bond donors (Lipinski definition) is 2. The van der Waals surface area contributed by atoms with E-state index in [-0.39, 0.29) is 11.7 Å². The van der Waals surface area contributed by atoms with Crippen LogP contribution >= 0.6 is 11.3 Å². The zero-order valence-electron chi connectivity index (χ0n) is 11.3. The second-order valence-corrected chi connectivity index (χ2v) is 6.22. The first-order valence-corrected chi connectivity index (χ1v) is 7.67. The maximum Gasteiger partial charge on any atom is 0.261 e. The number of carbonyl (C=O) groups excluding carboxylic acids is 1. The van der Waals surface area contributed by atoms with Crippen molar-refractivity contribution in [3.05, 3.63) is 34.5 Å². The number of nitrogens with one attached hydrogen (secondary N) is 2. The first-order chi connectivity index (χ1) is 9.66. The monoisotopic (exact) mass is 292 g/mol. The Bertz CT molecular complexity index is 647. The fraction of sp³-hybridized carbons (Fsp3) is 0.400. The fourth-order valence-corrected chi connectivity index (χ4v) is 3.84. The molecule has 1 aromatic carbocycles. The topological polar surface area (TPSA) is 41.1 Å². The normalized spacial score (nSPS) is 18.6. The van der Waals surface area contributed by atoms with E-state index in [1.165, 1.54) is 17.4 Å². The molecule has 0 spiro atoms. The van der Waals surface area contributed by atoms with Crippen LogP contribution in [0, 0.1) is 12.7 Å². The third kappa shape index (κ3) is 2.43. The first kappa shape index (κ1) is 13.5. The van der Waals surface area contributed by atoms with E-state index >= 15 is 0 Å². The molecule has 1 aliphatic heterocycles. The van der Waals surface area contributed by atoms with Crippen LogP contribution in [0.15, 0.2) is 18.2 Å². The molecule has 106 valence electrons. The molecule has 1 saturated heterocycles. The quantitative estimate of drug-likeness (QED) is 0.913. The summed E-state index contributed by atoms with van der Waals surface area (Å²) >= 11 is 1.36. The van der Waals surface area contributed by atoms with Gasteiger partial charge in [0.1, 0.15) is 5.82 Å². The van der Waals surface area contributed by atoms with Crippen molar-refractivity contribution in [1.82, 2.24) is 10.6 Å². The van der Waals surface area contributed by atoms with Crippen LogP contribution in [0.1, 0.15) is 28.1 Å². The molecule has 1 atom stereocenters. The fourth-order valence-electron chi connectivity index (χ4n) is 2.70. The molecule has 0 aliphatic carbocycles. The lowest BCUT2D eigenvalue weighted by Crippen LogP contribution is -2.37. The molecule has 1 amide bonds. The lowest BCUT2D eigenvalue weighted by atomic mass is 10.1. The average molecular weight is 292 g/mol. The Hall–Kier alpha value is -1.46. The number of carbonyl (C=O) groups is 1. The summed E-state index contributed by atoms with van der Waals surface area (Å²) in [4.78, 5) is 12.9. The van der Waals surface area contributed by atoms with Gasteiger partial charge in [0.05, 0.1) is 4.88 Å². The maximum atomic E-state index is 13.8. The van der Waals surface area contributed by atoms with Gasteiger partial charge in [-0.2, -0.15) is 0 Å². The molecule has 1 aromatic heterocycles. The zero-order chi connectivity index (χ0) is 14.1. The van der Waals surface area contributed by atoms with Gasteiger partial charge in [-0.3, -0.25) is 4.79 Å². The van der Waals surface area contributed by atoms with E-state index < -0.39 is 0 Å². The summed E-state index contributed by atoms with van der Waals surface area (Å²) in [5.74, 6) is -0.357. The third-order valence-corrected chi connectivity index (χ3v) is 5.04. The average Bonchev–Trinajstić information content (AvgIpc) is 3.05. The highest BCUT2D eigenvalue weighted by Crippen LogP contribution is 2.32. The van der Waals surface area contributed by atoms with E-state index in [4.69, 9.17) is 0 Å². The van der Waals surface area contributed by atoms with Crippen LogP contribution in [0.25, 0.3) is 10.1 Å². The van der Waals surface area contributed by atoms with Gasteiger partial charge in [-0.25, -0.2) is 4.39 Å². The third-order valence-electron chi connectivity index (χ3n) is 3.78.